The number of aromatic hydroxyl groups is 1. The summed E-state index contributed by atoms with van der Waals surface area (Å²) in [4.78, 5) is 12.4. The molecule has 0 heterocycles. The average Bonchev–Trinajstić information content (AvgIpc) is 2.67. The molecule has 2 aromatic rings. The van der Waals surface area contributed by atoms with Crippen LogP contribution in [0.5, 0.6) is 17.2 Å². The zero-order chi connectivity index (χ0) is 19.8. The summed E-state index contributed by atoms with van der Waals surface area (Å²) in [5, 5.41) is 21.3. The smallest absolute Gasteiger partial charge is 0.266 e. The number of nitrogens with zero attached hydrogens (tertiary/aromatic N) is 1. The minimum atomic E-state index is -0.568. The fraction of sp³-hybridized carbons (Fsp3) is 0.100. The molecule has 6 nitrogen and oxygen atoms in total. The minimum absolute atomic E-state index is 0.0823. The lowest BCUT2D eigenvalue weighted by Gasteiger charge is -2.12. The second kappa shape index (κ2) is 9.46. The zero-order valence-electron chi connectivity index (χ0n) is 14.5. The average molecular weight is 429 g/mol. The van der Waals surface area contributed by atoms with E-state index in [4.69, 9.17) is 9.47 Å². The fourth-order valence-corrected chi connectivity index (χ4v) is 2.57. The van der Waals surface area contributed by atoms with Crippen LogP contribution in [0, 0.1) is 11.3 Å². The van der Waals surface area contributed by atoms with Gasteiger partial charge < -0.3 is 19.9 Å². The van der Waals surface area contributed by atoms with E-state index in [0.717, 1.165) is 0 Å². The number of nitriles is 1. The summed E-state index contributed by atoms with van der Waals surface area (Å²) in [6.07, 6.45) is 3.06. The number of rotatable bonds is 7. The fourth-order valence-electron chi connectivity index (χ4n) is 2.13. The van der Waals surface area contributed by atoms with Gasteiger partial charge in [0.15, 0.2) is 11.5 Å². The molecule has 0 saturated heterocycles. The van der Waals surface area contributed by atoms with Gasteiger partial charge in [-0.05, 0) is 48.0 Å². The molecule has 0 aliphatic heterocycles. The van der Waals surface area contributed by atoms with Crippen LogP contribution in [-0.2, 0) is 4.79 Å². The molecule has 7 heteroatoms. The first-order chi connectivity index (χ1) is 13.0. The van der Waals surface area contributed by atoms with Crippen molar-refractivity contribution in [3.63, 3.8) is 0 Å². The first-order valence-electron chi connectivity index (χ1n) is 7.82. The minimum Gasteiger partial charge on any atom is -0.508 e. The Hall–Kier alpha value is -3.24. The lowest BCUT2D eigenvalue weighted by molar-refractivity contribution is -0.112. The van der Waals surface area contributed by atoms with Gasteiger partial charge in [0.2, 0.25) is 0 Å². The summed E-state index contributed by atoms with van der Waals surface area (Å²) in [7, 11) is 1.50. The molecule has 2 rings (SSSR count). The highest BCUT2D eigenvalue weighted by atomic mass is 79.9. The van der Waals surface area contributed by atoms with Gasteiger partial charge in [0.05, 0.1) is 7.11 Å². The predicted molar refractivity (Wildman–Crippen MR) is 107 cm³/mol. The number of anilines is 1. The van der Waals surface area contributed by atoms with Crippen molar-refractivity contribution in [1.29, 1.82) is 5.26 Å². The first kappa shape index (κ1) is 20.1. The molecule has 0 aliphatic carbocycles. The van der Waals surface area contributed by atoms with Crippen LogP contribution < -0.4 is 14.8 Å². The summed E-state index contributed by atoms with van der Waals surface area (Å²) >= 11 is 3.41. The van der Waals surface area contributed by atoms with Gasteiger partial charge in [-0.15, -0.1) is 0 Å². The van der Waals surface area contributed by atoms with Crippen molar-refractivity contribution < 1.29 is 19.4 Å². The lowest BCUT2D eigenvalue weighted by atomic mass is 10.1. The molecule has 0 aromatic heterocycles. The second-order valence-electron chi connectivity index (χ2n) is 5.30. The number of phenolic OH excluding ortho intramolecular Hbond substituents is 1. The van der Waals surface area contributed by atoms with Crippen LogP contribution in [0.4, 0.5) is 5.69 Å². The molecule has 0 radical (unpaired) electrons. The van der Waals surface area contributed by atoms with Crippen LogP contribution in [0.25, 0.3) is 6.08 Å². The quantitative estimate of drug-likeness (QED) is 0.297. The van der Waals surface area contributed by atoms with E-state index < -0.39 is 5.91 Å². The Morgan fingerprint density at radius 3 is 2.63 bits per heavy atom. The Morgan fingerprint density at radius 2 is 2.04 bits per heavy atom. The van der Waals surface area contributed by atoms with Crippen LogP contribution in [0.1, 0.15) is 5.56 Å². The maximum atomic E-state index is 12.4. The number of methoxy groups -OCH3 is 1. The molecule has 0 unspecified atom stereocenters. The third-order valence-corrected chi connectivity index (χ3v) is 4.12. The maximum absolute atomic E-state index is 12.4. The van der Waals surface area contributed by atoms with Gasteiger partial charge in [0.25, 0.3) is 5.91 Å². The van der Waals surface area contributed by atoms with E-state index in [2.05, 4.69) is 27.8 Å². The molecular formula is C20H17BrN2O4. The van der Waals surface area contributed by atoms with Crippen molar-refractivity contribution in [3.8, 4) is 23.3 Å². The van der Waals surface area contributed by atoms with Gasteiger partial charge >= 0.3 is 0 Å². The molecule has 0 spiro atoms. The molecule has 0 aliphatic rings. The molecule has 138 valence electrons. The normalized spacial score (nSPS) is 10.6. The third kappa shape index (κ3) is 5.36. The maximum Gasteiger partial charge on any atom is 0.266 e. The highest BCUT2D eigenvalue weighted by Crippen LogP contribution is 2.34. The first-order valence-corrected chi connectivity index (χ1v) is 8.61. The number of ether oxygens (including phenoxy) is 2. The van der Waals surface area contributed by atoms with Gasteiger partial charge in [-0.2, -0.15) is 5.26 Å². The molecule has 0 saturated carbocycles. The Labute approximate surface area is 165 Å². The van der Waals surface area contributed by atoms with Crippen LogP contribution >= 0.6 is 15.9 Å². The van der Waals surface area contributed by atoms with Crippen LogP contribution in [-0.4, -0.2) is 24.7 Å². The number of nitrogens with one attached hydrogen (secondary N) is 1. The van der Waals surface area contributed by atoms with E-state index in [-0.39, 0.29) is 11.3 Å². The van der Waals surface area contributed by atoms with Crippen molar-refractivity contribution in [2.75, 3.05) is 19.0 Å². The second-order valence-corrected chi connectivity index (χ2v) is 6.15. The summed E-state index contributed by atoms with van der Waals surface area (Å²) in [6.45, 7) is 3.91. The molecular weight excluding hydrogens is 412 g/mol. The van der Waals surface area contributed by atoms with Crippen molar-refractivity contribution in [3.05, 3.63) is 64.7 Å². The number of carbonyl (C=O) groups excluding carboxylic acids is 1. The molecule has 1 amide bonds. The Bertz CT molecular complexity index is 915. The summed E-state index contributed by atoms with van der Waals surface area (Å²) in [5.41, 5.74) is 0.949. The number of carbonyl (C=O) groups is 1. The summed E-state index contributed by atoms with van der Waals surface area (Å²) in [5.74, 6) is 0.482. The monoisotopic (exact) mass is 428 g/mol. The molecule has 2 N–H and O–H groups in total. The van der Waals surface area contributed by atoms with Crippen LogP contribution in [0.2, 0.25) is 0 Å². The highest BCUT2D eigenvalue weighted by molar-refractivity contribution is 9.10. The van der Waals surface area contributed by atoms with E-state index in [1.165, 1.54) is 37.5 Å². The highest BCUT2D eigenvalue weighted by Gasteiger charge is 2.13. The molecule has 2 aromatic carbocycles. The Balaban J connectivity index is 2.30. The number of halogens is 1. The van der Waals surface area contributed by atoms with Crippen molar-refractivity contribution in [2.24, 2.45) is 0 Å². The number of hydrogen-bond acceptors (Lipinski definition) is 5. The Kier molecular flexibility index (Phi) is 7.03. The van der Waals surface area contributed by atoms with E-state index in [1.807, 2.05) is 6.07 Å². The van der Waals surface area contributed by atoms with Crippen molar-refractivity contribution in [1.82, 2.24) is 0 Å². The van der Waals surface area contributed by atoms with Gasteiger partial charge in [-0.1, -0.05) is 28.6 Å². The third-order valence-electron chi connectivity index (χ3n) is 3.43. The van der Waals surface area contributed by atoms with Gasteiger partial charge in [0.1, 0.15) is 24.0 Å². The topological polar surface area (TPSA) is 91.6 Å². The van der Waals surface area contributed by atoms with E-state index >= 15 is 0 Å². The molecule has 27 heavy (non-hydrogen) atoms. The van der Waals surface area contributed by atoms with Gasteiger partial charge in [0, 0.05) is 10.2 Å². The molecule has 0 bridgehead atoms. The zero-order valence-corrected chi connectivity index (χ0v) is 16.1. The SMILES string of the molecule is C=CCOc1cc(Br)c(/C=C(\C#N)C(=O)Nc2ccc(O)cc2)cc1OC. The molecule has 0 atom stereocenters. The largest absolute Gasteiger partial charge is 0.508 e. The Morgan fingerprint density at radius 1 is 1.33 bits per heavy atom. The van der Waals surface area contributed by atoms with Crippen molar-refractivity contribution in [2.45, 2.75) is 0 Å². The van der Waals surface area contributed by atoms with Crippen LogP contribution in [0.15, 0.2) is 59.1 Å². The van der Waals surface area contributed by atoms with E-state index in [9.17, 15) is 15.2 Å². The predicted octanol–water partition coefficient (Wildman–Crippen LogP) is 4.27. The van der Waals surface area contributed by atoms with E-state index in [0.29, 0.717) is 33.8 Å². The number of phenols is 1. The standard InChI is InChI=1S/C20H17BrN2O4/c1-3-8-27-19-11-17(21)13(10-18(19)26-2)9-14(12-22)20(25)23-15-4-6-16(24)7-5-15/h3-7,9-11,24H,1,8H2,2H3,(H,23,25)/b14-9+. The number of amides is 1. The summed E-state index contributed by atoms with van der Waals surface area (Å²) < 4.78 is 11.5. The summed E-state index contributed by atoms with van der Waals surface area (Å²) in [6, 6.07) is 11.2. The van der Waals surface area contributed by atoms with Gasteiger partial charge in [-0.3, -0.25) is 4.79 Å². The number of benzene rings is 2. The molecule has 0 fully saturated rings. The van der Waals surface area contributed by atoms with Gasteiger partial charge in [-0.25, -0.2) is 0 Å². The lowest BCUT2D eigenvalue weighted by Crippen LogP contribution is -2.13. The number of hydrogen-bond donors (Lipinski definition) is 2. The van der Waals surface area contributed by atoms with E-state index in [1.54, 1.807) is 18.2 Å². The van der Waals surface area contributed by atoms with Crippen molar-refractivity contribution >= 4 is 33.6 Å². The van der Waals surface area contributed by atoms with Crippen LogP contribution in [0.3, 0.4) is 0 Å².